The second-order valence-electron chi connectivity index (χ2n) is 5.16. The standard InChI is InChI=1S/C16H18N4O3.ClH/c1-11-9-12(23-16-18-5-2-6-19-16)3-4-13(11)20-15(21)14-10-17-7-8-22-14;/h2-6,9,14,17H,7-8,10H2,1H3,(H,20,21);1H. The van der Waals surface area contributed by atoms with E-state index < -0.39 is 6.10 Å². The minimum absolute atomic E-state index is 0. The summed E-state index contributed by atoms with van der Waals surface area (Å²) < 4.78 is 11.0. The van der Waals surface area contributed by atoms with E-state index in [1.807, 2.05) is 13.0 Å². The zero-order valence-corrected chi connectivity index (χ0v) is 14.0. The van der Waals surface area contributed by atoms with E-state index in [0.717, 1.165) is 17.8 Å². The quantitative estimate of drug-likeness (QED) is 0.876. The maximum atomic E-state index is 12.2. The fourth-order valence-electron chi connectivity index (χ4n) is 2.23. The second-order valence-corrected chi connectivity index (χ2v) is 5.16. The Bertz CT molecular complexity index is 678. The monoisotopic (exact) mass is 350 g/mol. The van der Waals surface area contributed by atoms with Crippen molar-refractivity contribution in [3.63, 3.8) is 0 Å². The third-order valence-electron chi connectivity index (χ3n) is 3.43. The van der Waals surface area contributed by atoms with Crippen molar-refractivity contribution in [1.29, 1.82) is 0 Å². The molecule has 1 atom stereocenters. The summed E-state index contributed by atoms with van der Waals surface area (Å²) >= 11 is 0. The molecule has 1 aromatic heterocycles. The minimum atomic E-state index is -0.461. The average Bonchev–Trinajstić information content (AvgIpc) is 2.59. The van der Waals surface area contributed by atoms with E-state index in [9.17, 15) is 4.79 Å². The van der Waals surface area contributed by atoms with Crippen molar-refractivity contribution in [3.8, 4) is 11.8 Å². The van der Waals surface area contributed by atoms with Gasteiger partial charge in [0.2, 0.25) is 0 Å². The van der Waals surface area contributed by atoms with Gasteiger partial charge in [-0.05, 0) is 36.8 Å². The molecule has 1 aliphatic rings. The number of nitrogens with zero attached hydrogens (tertiary/aromatic N) is 2. The van der Waals surface area contributed by atoms with E-state index in [1.165, 1.54) is 0 Å². The van der Waals surface area contributed by atoms with Crippen LogP contribution in [0.2, 0.25) is 0 Å². The van der Waals surface area contributed by atoms with Crippen LogP contribution >= 0.6 is 12.4 Å². The van der Waals surface area contributed by atoms with Gasteiger partial charge in [-0.3, -0.25) is 4.79 Å². The van der Waals surface area contributed by atoms with Crippen LogP contribution in [0.3, 0.4) is 0 Å². The number of ether oxygens (including phenoxy) is 2. The SMILES string of the molecule is Cc1cc(Oc2ncccn2)ccc1NC(=O)C1CNCCO1.Cl. The van der Waals surface area contributed by atoms with Crippen LogP contribution in [0.5, 0.6) is 11.8 Å². The van der Waals surface area contributed by atoms with E-state index in [2.05, 4.69) is 20.6 Å². The van der Waals surface area contributed by atoms with E-state index in [1.54, 1.807) is 30.6 Å². The molecule has 2 N–H and O–H groups in total. The summed E-state index contributed by atoms with van der Waals surface area (Å²) in [5.41, 5.74) is 1.61. The average molecular weight is 351 g/mol. The lowest BCUT2D eigenvalue weighted by Crippen LogP contribution is -2.45. The van der Waals surface area contributed by atoms with Gasteiger partial charge in [0.1, 0.15) is 11.9 Å². The van der Waals surface area contributed by atoms with E-state index >= 15 is 0 Å². The predicted molar refractivity (Wildman–Crippen MR) is 91.8 cm³/mol. The lowest BCUT2D eigenvalue weighted by molar-refractivity contribution is -0.128. The number of hydrogen-bond acceptors (Lipinski definition) is 6. The first-order valence-corrected chi connectivity index (χ1v) is 7.41. The van der Waals surface area contributed by atoms with Gasteiger partial charge in [-0.25, -0.2) is 9.97 Å². The second kappa shape index (κ2) is 8.58. The zero-order valence-electron chi connectivity index (χ0n) is 13.2. The largest absolute Gasteiger partial charge is 0.424 e. The number of benzene rings is 1. The predicted octanol–water partition coefficient (Wildman–Crippen LogP) is 1.93. The molecule has 1 amide bonds. The number of halogens is 1. The molecule has 0 saturated carbocycles. The summed E-state index contributed by atoms with van der Waals surface area (Å²) in [4.78, 5) is 20.2. The molecule has 8 heteroatoms. The smallest absolute Gasteiger partial charge is 0.321 e. The molecule has 1 saturated heterocycles. The molecule has 0 spiro atoms. The Balaban J connectivity index is 0.00000208. The molecule has 0 aliphatic carbocycles. The summed E-state index contributed by atoms with van der Waals surface area (Å²) in [7, 11) is 0. The van der Waals surface area contributed by atoms with Crippen molar-refractivity contribution < 1.29 is 14.3 Å². The Morgan fingerprint density at radius 2 is 2.17 bits per heavy atom. The third-order valence-corrected chi connectivity index (χ3v) is 3.43. The molecule has 0 radical (unpaired) electrons. The van der Waals surface area contributed by atoms with Crippen LogP contribution in [0.15, 0.2) is 36.7 Å². The van der Waals surface area contributed by atoms with Gasteiger partial charge < -0.3 is 20.1 Å². The number of morpholine rings is 1. The topological polar surface area (TPSA) is 85.4 Å². The number of aryl methyl sites for hydroxylation is 1. The van der Waals surface area contributed by atoms with Crippen LogP contribution in [0.4, 0.5) is 5.69 Å². The first-order chi connectivity index (χ1) is 11.2. The van der Waals surface area contributed by atoms with Gasteiger partial charge in [0.05, 0.1) is 6.61 Å². The minimum Gasteiger partial charge on any atom is -0.424 e. The molecule has 3 rings (SSSR count). The van der Waals surface area contributed by atoms with E-state index in [0.29, 0.717) is 18.9 Å². The molecular weight excluding hydrogens is 332 g/mol. The highest BCUT2D eigenvalue weighted by atomic mass is 35.5. The summed E-state index contributed by atoms with van der Waals surface area (Å²) in [6.45, 7) is 3.74. The van der Waals surface area contributed by atoms with Crippen molar-refractivity contribution in [2.45, 2.75) is 13.0 Å². The number of rotatable bonds is 4. The summed E-state index contributed by atoms with van der Waals surface area (Å²) in [5, 5.41) is 6.01. The fraction of sp³-hybridized carbons (Fsp3) is 0.312. The Morgan fingerprint density at radius 1 is 1.38 bits per heavy atom. The van der Waals surface area contributed by atoms with Gasteiger partial charge in [0.15, 0.2) is 0 Å². The van der Waals surface area contributed by atoms with E-state index in [4.69, 9.17) is 9.47 Å². The molecule has 0 bridgehead atoms. The third kappa shape index (κ3) is 4.64. The number of carbonyl (C=O) groups is 1. The Kier molecular flexibility index (Phi) is 6.48. The lowest BCUT2D eigenvalue weighted by atomic mass is 10.1. The number of carbonyl (C=O) groups excluding carboxylic acids is 1. The van der Waals surface area contributed by atoms with Gasteiger partial charge in [-0.2, -0.15) is 0 Å². The van der Waals surface area contributed by atoms with Crippen molar-refractivity contribution in [3.05, 3.63) is 42.2 Å². The number of hydrogen-bond donors (Lipinski definition) is 2. The maximum absolute atomic E-state index is 12.2. The molecule has 1 unspecified atom stereocenters. The molecular formula is C16H19ClN4O3. The van der Waals surface area contributed by atoms with Crippen molar-refractivity contribution in [1.82, 2.24) is 15.3 Å². The van der Waals surface area contributed by atoms with Gasteiger partial charge in [0.25, 0.3) is 5.91 Å². The van der Waals surface area contributed by atoms with Crippen molar-refractivity contribution in [2.24, 2.45) is 0 Å². The van der Waals surface area contributed by atoms with Gasteiger partial charge in [-0.15, -0.1) is 12.4 Å². The highest BCUT2D eigenvalue weighted by molar-refractivity contribution is 5.95. The molecule has 1 aromatic carbocycles. The molecule has 7 nitrogen and oxygen atoms in total. The van der Waals surface area contributed by atoms with Crippen molar-refractivity contribution in [2.75, 3.05) is 25.0 Å². The number of aromatic nitrogens is 2. The van der Waals surface area contributed by atoms with Crippen LogP contribution in [-0.4, -0.2) is 41.7 Å². The highest BCUT2D eigenvalue weighted by Crippen LogP contribution is 2.24. The number of nitrogens with one attached hydrogen (secondary N) is 2. The Hall–Kier alpha value is -2.22. The van der Waals surface area contributed by atoms with Crippen LogP contribution in [0.25, 0.3) is 0 Å². The Morgan fingerprint density at radius 3 is 2.83 bits per heavy atom. The van der Waals surface area contributed by atoms with Crippen molar-refractivity contribution >= 4 is 24.0 Å². The molecule has 1 aliphatic heterocycles. The number of anilines is 1. The van der Waals surface area contributed by atoms with Gasteiger partial charge in [0, 0.05) is 31.2 Å². The lowest BCUT2D eigenvalue weighted by Gasteiger charge is -2.23. The van der Waals surface area contributed by atoms with Gasteiger partial charge in [-0.1, -0.05) is 0 Å². The van der Waals surface area contributed by atoms with Crippen LogP contribution in [0, 0.1) is 6.92 Å². The molecule has 2 aromatic rings. The zero-order chi connectivity index (χ0) is 16.1. The molecule has 128 valence electrons. The Labute approximate surface area is 146 Å². The first kappa shape index (κ1) is 18.1. The highest BCUT2D eigenvalue weighted by Gasteiger charge is 2.22. The van der Waals surface area contributed by atoms with Crippen LogP contribution in [0.1, 0.15) is 5.56 Å². The molecule has 24 heavy (non-hydrogen) atoms. The normalized spacial score (nSPS) is 16.8. The fourth-order valence-corrected chi connectivity index (χ4v) is 2.23. The molecule has 2 heterocycles. The van der Waals surface area contributed by atoms with Crippen LogP contribution < -0.4 is 15.4 Å². The van der Waals surface area contributed by atoms with Gasteiger partial charge >= 0.3 is 6.01 Å². The van der Waals surface area contributed by atoms with Crippen LogP contribution in [-0.2, 0) is 9.53 Å². The summed E-state index contributed by atoms with van der Waals surface area (Å²) in [6.07, 6.45) is 2.76. The molecule has 1 fully saturated rings. The maximum Gasteiger partial charge on any atom is 0.321 e. The van der Waals surface area contributed by atoms with E-state index in [-0.39, 0.29) is 24.3 Å². The summed E-state index contributed by atoms with van der Waals surface area (Å²) in [6, 6.07) is 7.39. The summed E-state index contributed by atoms with van der Waals surface area (Å²) in [5.74, 6) is 0.461. The number of amides is 1. The first-order valence-electron chi connectivity index (χ1n) is 7.41.